The van der Waals surface area contributed by atoms with E-state index in [1.165, 1.54) is 7.11 Å². The summed E-state index contributed by atoms with van der Waals surface area (Å²) in [5.74, 6) is 0.350. The molecule has 92 valence electrons. The molecule has 1 N–H and O–H groups in total. The van der Waals surface area contributed by atoms with E-state index in [0.29, 0.717) is 18.1 Å². The van der Waals surface area contributed by atoms with Gasteiger partial charge < -0.3 is 15.0 Å². The number of rotatable bonds is 2. The molecule has 0 saturated carbocycles. The summed E-state index contributed by atoms with van der Waals surface area (Å²) in [4.78, 5) is 13.9. The standard InChI is InChI=1S/C11H16N4O2/c1-17-10-4-3-9(13-14-10)11(16)15-7-2-5-12-6-8-15/h3-4,12H,2,5-8H2,1H3. The Hall–Kier alpha value is -1.69. The van der Waals surface area contributed by atoms with E-state index >= 15 is 0 Å². The van der Waals surface area contributed by atoms with Gasteiger partial charge in [-0.3, -0.25) is 4.79 Å². The van der Waals surface area contributed by atoms with E-state index in [1.54, 1.807) is 17.0 Å². The molecule has 6 heteroatoms. The zero-order valence-electron chi connectivity index (χ0n) is 9.85. The summed E-state index contributed by atoms with van der Waals surface area (Å²) < 4.78 is 4.91. The van der Waals surface area contributed by atoms with Crippen molar-refractivity contribution in [3.05, 3.63) is 17.8 Å². The second kappa shape index (κ2) is 5.58. The highest BCUT2D eigenvalue weighted by molar-refractivity contribution is 5.92. The molecule has 1 aromatic rings. The minimum absolute atomic E-state index is 0.0659. The highest BCUT2D eigenvalue weighted by atomic mass is 16.5. The molecule has 0 atom stereocenters. The van der Waals surface area contributed by atoms with Crippen LogP contribution in [0.25, 0.3) is 0 Å². The zero-order chi connectivity index (χ0) is 12.1. The van der Waals surface area contributed by atoms with Crippen molar-refractivity contribution in [3.63, 3.8) is 0 Å². The van der Waals surface area contributed by atoms with Crippen molar-refractivity contribution in [2.45, 2.75) is 6.42 Å². The van der Waals surface area contributed by atoms with E-state index < -0.39 is 0 Å². The number of ether oxygens (including phenoxy) is 1. The average Bonchev–Trinajstić information content (AvgIpc) is 2.67. The van der Waals surface area contributed by atoms with Crippen LogP contribution in [0.5, 0.6) is 5.88 Å². The number of carbonyl (C=O) groups is 1. The minimum atomic E-state index is -0.0659. The van der Waals surface area contributed by atoms with E-state index in [2.05, 4.69) is 15.5 Å². The summed E-state index contributed by atoms with van der Waals surface area (Å²) in [6.45, 7) is 3.26. The summed E-state index contributed by atoms with van der Waals surface area (Å²) in [5, 5.41) is 10.9. The number of nitrogens with one attached hydrogen (secondary N) is 1. The molecule has 2 heterocycles. The van der Waals surface area contributed by atoms with Crippen LogP contribution in [0.15, 0.2) is 12.1 Å². The van der Waals surface area contributed by atoms with Crippen LogP contribution in [0.4, 0.5) is 0 Å². The molecule has 1 amide bonds. The Bertz CT molecular complexity index is 372. The van der Waals surface area contributed by atoms with Crippen LogP contribution in [-0.4, -0.2) is 54.3 Å². The molecule has 0 aromatic carbocycles. The molecular weight excluding hydrogens is 220 g/mol. The number of hydrogen-bond acceptors (Lipinski definition) is 5. The third kappa shape index (κ3) is 2.91. The van der Waals surface area contributed by atoms with Crippen molar-refractivity contribution in [1.82, 2.24) is 20.4 Å². The first-order valence-electron chi connectivity index (χ1n) is 5.69. The molecule has 0 aliphatic carbocycles. The molecule has 1 aliphatic heterocycles. The fraction of sp³-hybridized carbons (Fsp3) is 0.545. The number of amides is 1. The van der Waals surface area contributed by atoms with Crippen LogP contribution in [-0.2, 0) is 0 Å². The minimum Gasteiger partial charge on any atom is -0.480 e. The Morgan fingerprint density at radius 2 is 2.24 bits per heavy atom. The molecule has 0 spiro atoms. The topological polar surface area (TPSA) is 67.3 Å². The SMILES string of the molecule is COc1ccc(C(=O)N2CCCNCC2)nn1. The third-order valence-corrected chi connectivity index (χ3v) is 2.70. The lowest BCUT2D eigenvalue weighted by Gasteiger charge is -2.18. The smallest absolute Gasteiger partial charge is 0.274 e. The lowest BCUT2D eigenvalue weighted by molar-refractivity contribution is 0.0759. The molecule has 6 nitrogen and oxygen atoms in total. The van der Waals surface area contributed by atoms with E-state index in [0.717, 1.165) is 26.1 Å². The van der Waals surface area contributed by atoms with Gasteiger partial charge in [-0.25, -0.2) is 0 Å². The lowest BCUT2D eigenvalue weighted by atomic mass is 10.3. The molecule has 0 bridgehead atoms. The second-order valence-corrected chi connectivity index (χ2v) is 3.86. The molecule has 0 radical (unpaired) electrons. The number of nitrogens with zero attached hydrogens (tertiary/aromatic N) is 3. The van der Waals surface area contributed by atoms with Crippen LogP contribution in [0.3, 0.4) is 0 Å². The molecular formula is C11H16N4O2. The molecule has 1 fully saturated rings. The van der Waals surface area contributed by atoms with Crippen LogP contribution in [0.2, 0.25) is 0 Å². The van der Waals surface area contributed by atoms with Gasteiger partial charge in [0.2, 0.25) is 5.88 Å². The van der Waals surface area contributed by atoms with Crippen molar-refractivity contribution in [1.29, 1.82) is 0 Å². The van der Waals surface area contributed by atoms with Gasteiger partial charge in [0.1, 0.15) is 0 Å². The van der Waals surface area contributed by atoms with E-state index in [1.807, 2.05) is 0 Å². The monoisotopic (exact) mass is 236 g/mol. The number of methoxy groups -OCH3 is 1. The van der Waals surface area contributed by atoms with Gasteiger partial charge in [-0.15, -0.1) is 10.2 Å². The zero-order valence-corrected chi connectivity index (χ0v) is 9.85. The van der Waals surface area contributed by atoms with Crippen molar-refractivity contribution >= 4 is 5.91 Å². The molecule has 0 unspecified atom stereocenters. The highest BCUT2D eigenvalue weighted by Gasteiger charge is 2.18. The maximum atomic E-state index is 12.1. The Balaban J connectivity index is 2.06. The van der Waals surface area contributed by atoms with Gasteiger partial charge in [0.05, 0.1) is 7.11 Å². The number of carbonyl (C=O) groups excluding carboxylic acids is 1. The predicted molar refractivity (Wildman–Crippen MR) is 62.0 cm³/mol. The van der Waals surface area contributed by atoms with Crippen LogP contribution >= 0.6 is 0 Å². The van der Waals surface area contributed by atoms with Crippen LogP contribution in [0, 0.1) is 0 Å². The van der Waals surface area contributed by atoms with Crippen molar-refractivity contribution < 1.29 is 9.53 Å². The first-order valence-corrected chi connectivity index (χ1v) is 5.69. The van der Waals surface area contributed by atoms with Crippen molar-refractivity contribution in [3.8, 4) is 5.88 Å². The van der Waals surface area contributed by atoms with Gasteiger partial charge in [0, 0.05) is 25.7 Å². The van der Waals surface area contributed by atoms with Gasteiger partial charge in [-0.2, -0.15) is 0 Å². The quantitative estimate of drug-likeness (QED) is 0.778. The molecule has 2 rings (SSSR count). The molecule has 1 aliphatic rings. The fourth-order valence-electron chi connectivity index (χ4n) is 1.75. The van der Waals surface area contributed by atoms with Crippen molar-refractivity contribution in [2.24, 2.45) is 0 Å². The largest absolute Gasteiger partial charge is 0.480 e. The number of aromatic nitrogens is 2. The third-order valence-electron chi connectivity index (χ3n) is 2.70. The number of hydrogen-bond donors (Lipinski definition) is 1. The van der Waals surface area contributed by atoms with E-state index in [9.17, 15) is 4.79 Å². The second-order valence-electron chi connectivity index (χ2n) is 3.86. The predicted octanol–water partition coefficient (Wildman–Crippen LogP) is -0.0793. The summed E-state index contributed by atoms with van der Waals surface area (Å²) in [6, 6.07) is 3.29. The Morgan fingerprint density at radius 3 is 2.94 bits per heavy atom. The summed E-state index contributed by atoms with van der Waals surface area (Å²) >= 11 is 0. The summed E-state index contributed by atoms with van der Waals surface area (Å²) in [5.41, 5.74) is 0.368. The van der Waals surface area contributed by atoms with E-state index in [-0.39, 0.29) is 5.91 Å². The first-order chi connectivity index (χ1) is 8.31. The average molecular weight is 236 g/mol. The Labute approximate surface area is 100.0 Å². The molecule has 1 aromatic heterocycles. The van der Waals surface area contributed by atoms with Gasteiger partial charge in [-0.05, 0) is 19.0 Å². The Morgan fingerprint density at radius 1 is 1.35 bits per heavy atom. The fourth-order valence-corrected chi connectivity index (χ4v) is 1.75. The summed E-state index contributed by atoms with van der Waals surface area (Å²) in [7, 11) is 1.52. The maximum absolute atomic E-state index is 12.1. The molecule has 17 heavy (non-hydrogen) atoms. The lowest BCUT2D eigenvalue weighted by Crippen LogP contribution is -2.34. The first kappa shape index (κ1) is 11.8. The highest BCUT2D eigenvalue weighted by Crippen LogP contribution is 2.07. The van der Waals surface area contributed by atoms with Crippen LogP contribution < -0.4 is 10.1 Å². The van der Waals surface area contributed by atoms with Gasteiger partial charge in [0.15, 0.2) is 5.69 Å². The summed E-state index contributed by atoms with van der Waals surface area (Å²) in [6.07, 6.45) is 0.968. The normalized spacial score (nSPS) is 16.4. The van der Waals surface area contributed by atoms with Gasteiger partial charge in [-0.1, -0.05) is 0 Å². The maximum Gasteiger partial charge on any atom is 0.274 e. The Kier molecular flexibility index (Phi) is 3.87. The van der Waals surface area contributed by atoms with Crippen LogP contribution in [0.1, 0.15) is 16.9 Å². The van der Waals surface area contributed by atoms with E-state index in [4.69, 9.17) is 4.74 Å². The van der Waals surface area contributed by atoms with Gasteiger partial charge in [0.25, 0.3) is 5.91 Å². The van der Waals surface area contributed by atoms with Crippen molar-refractivity contribution in [2.75, 3.05) is 33.3 Å². The molecule has 1 saturated heterocycles. The van der Waals surface area contributed by atoms with Gasteiger partial charge >= 0.3 is 0 Å².